The lowest BCUT2D eigenvalue weighted by atomic mass is 9.82. The first-order chi connectivity index (χ1) is 7.48. The Hall–Kier alpha value is -0.135. The van der Waals surface area contributed by atoms with E-state index in [1.54, 1.807) is 0 Å². The highest BCUT2D eigenvalue weighted by Gasteiger charge is 2.17. The molecule has 0 aromatic carbocycles. The molecule has 0 saturated carbocycles. The summed E-state index contributed by atoms with van der Waals surface area (Å²) >= 11 is 0. The Bertz CT molecular complexity index is 169. The third-order valence-corrected chi connectivity index (χ3v) is 2.62. The predicted molar refractivity (Wildman–Crippen MR) is 72.7 cm³/mol. The quantitative estimate of drug-likeness (QED) is 0.276. The van der Waals surface area contributed by atoms with Gasteiger partial charge in [-0.25, -0.2) is 0 Å². The standard InChI is InChI=1S/C10H25BN2O3.CH4/c1-10(12,5-7-13-8-9-14)4-2-3-6-11(15)16;/h13-16H,2-9,12H2,1H3;1H4. The Labute approximate surface area is 106 Å². The van der Waals surface area contributed by atoms with Crippen molar-refractivity contribution >= 4 is 7.12 Å². The van der Waals surface area contributed by atoms with E-state index in [0.717, 1.165) is 32.2 Å². The molecule has 6 N–H and O–H groups in total. The number of hydrogen-bond acceptors (Lipinski definition) is 5. The third kappa shape index (κ3) is 13.8. The van der Waals surface area contributed by atoms with Crippen molar-refractivity contribution in [3.05, 3.63) is 0 Å². The minimum atomic E-state index is -1.20. The Morgan fingerprint density at radius 2 is 1.82 bits per heavy atom. The monoisotopic (exact) mass is 248 g/mol. The van der Waals surface area contributed by atoms with Crippen LogP contribution < -0.4 is 11.1 Å². The molecule has 0 fully saturated rings. The highest BCUT2D eigenvalue weighted by molar-refractivity contribution is 6.40. The highest BCUT2D eigenvalue weighted by atomic mass is 16.4. The average Bonchev–Trinajstić information content (AvgIpc) is 2.19. The lowest BCUT2D eigenvalue weighted by Crippen LogP contribution is -2.39. The Morgan fingerprint density at radius 1 is 1.18 bits per heavy atom. The molecule has 0 aliphatic heterocycles. The Kier molecular flexibility index (Phi) is 12.4. The third-order valence-electron chi connectivity index (χ3n) is 2.62. The largest absolute Gasteiger partial charge is 0.451 e. The maximum atomic E-state index is 8.67. The first-order valence-corrected chi connectivity index (χ1v) is 5.94. The summed E-state index contributed by atoms with van der Waals surface area (Å²) in [5.41, 5.74) is 5.87. The molecule has 0 rings (SSSR count). The Morgan fingerprint density at radius 3 is 2.35 bits per heavy atom. The molecule has 0 amide bonds. The summed E-state index contributed by atoms with van der Waals surface area (Å²) in [5.74, 6) is 0. The second-order valence-electron chi connectivity index (χ2n) is 4.60. The van der Waals surface area contributed by atoms with Gasteiger partial charge in [0.1, 0.15) is 0 Å². The number of nitrogens with one attached hydrogen (secondary N) is 1. The van der Waals surface area contributed by atoms with Gasteiger partial charge in [-0.2, -0.15) is 0 Å². The van der Waals surface area contributed by atoms with Crippen LogP contribution in [-0.4, -0.2) is 47.5 Å². The van der Waals surface area contributed by atoms with E-state index in [4.69, 9.17) is 20.9 Å². The summed E-state index contributed by atoms with van der Waals surface area (Å²) in [5, 5.41) is 29.0. The van der Waals surface area contributed by atoms with Gasteiger partial charge in [0.25, 0.3) is 0 Å². The van der Waals surface area contributed by atoms with E-state index < -0.39 is 7.12 Å². The van der Waals surface area contributed by atoms with E-state index in [9.17, 15) is 0 Å². The van der Waals surface area contributed by atoms with Crippen molar-refractivity contribution in [3.8, 4) is 0 Å². The van der Waals surface area contributed by atoms with Crippen molar-refractivity contribution in [1.29, 1.82) is 0 Å². The maximum absolute atomic E-state index is 8.67. The predicted octanol–water partition coefficient (Wildman–Crippen LogP) is -0.0450. The van der Waals surface area contributed by atoms with E-state index >= 15 is 0 Å². The molecule has 5 nitrogen and oxygen atoms in total. The first-order valence-electron chi connectivity index (χ1n) is 5.94. The summed E-state index contributed by atoms with van der Waals surface area (Å²) < 4.78 is 0. The van der Waals surface area contributed by atoms with Gasteiger partial charge in [-0.3, -0.25) is 0 Å². The van der Waals surface area contributed by atoms with Crippen LogP contribution in [0, 0.1) is 0 Å². The van der Waals surface area contributed by atoms with Gasteiger partial charge >= 0.3 is 7.12 Å². The van der Waals surface area contributed by atoms with Crippen molar-refractivity contribution in [1.82, 2.24) is 5.32 Å². The molecule has 0 bridgehead atoms. The maximum Gasteiger partial charge on any atom is 0.451 e. The molecule has 0 spiro atoms. The second kappa shape index (κ2) is 11.0. The van der Waals surface area contributed by atoms with Crippen molar-refractivity contribution in [3.63, 3.8) is 0 Å². The van der Waals surface area contributed by atoms with Crippen LogP contribution in [-0.2, 0) is 0 Å². The van der Waals surface area contributed by atoms with Crippen LogP contribution in [0.5, 0.6) is 0 Å². The van der Waals surface area contributed by atoms with Gasteiger partial charge in [-0.05, 0) is 32.6 Å². The molecule has 1 atom stereocenters. The number of unbranched alkanes of at least 4 members (excludes halogenated alkanes) is 1. The molecule has 0 aliphatic carbocycles. The number of aliphatic hydroxyl groups excluding tert-OH is 1. The molecular formula is C11H29BN2O3. The van der Waals surface area contributed by atoms with Gasteiger partial charge < -0.3 is 26.2 Å². The highest BCUT2D eigenvalue weighted by Crippen LogP contribution is 2.15. The van der Waals surface area contributed by atoms with E-state index in [1.165, 1.54) is 0 Å². The van der Waals surface area contributed by atoms with Gasteiger partial charge in [0.15, 0.2) is 0 Å². The summed E-state index contributed by atoms with van der Waals surface area (Å²) in [7, 11) is -1.20. The van der Waals surface area contributed by atoms with Crippen molar-refractivity contribution < 1.29 is 15.2 Å². The van der Waals surface area contributed by atoms with Crippen LogP contribution in [0.3, 0.4) is 0 Å². The molecule has 17 heavy (non-hydrogen) atoms. The lowest BCUT2D eigenvalue weighted by Gasteiger charge is -2.24. The van der Waals surface area contributed by atoms with Crippen molar-refractivity contribution in [2.75, 3.05) is 19.7 Å². The van der Waals surface area contributed by atoms with Gasteiger partial charge in [-0.15, -0.1) is 0 Å². The van der Waals surface area contributed by atoms with E-state index in [-0.39, 0.29) is 19.6 Å². The van der Waals surface area contributed by atoms with Gasteiger partial charge in [-0.1, -0.05) is 20.3 Å². The molecule has 0 aliphatic rings. The molecule has 6 heteroatoms. The fraction of sp³-hybridized carbons (Fsp3) is 1.00. The Balaban J connectivity index is 0. The second-order valence-corrected chi connectivity index (χ2v) is 4.60. The van der Waals surface area contributed by atoms with Crippen LogP contribution in [0.25, 0.3) is 0 Å². The van der Waals surface area contributed by atoms with Crippen LogP contribution >= 0.6 is 0 Å². The van der Waals surface area contributed by atoms with Crippen LogP contribution in [0.4, 0.5) is 0 Å². The molecule has 0 saturated heterocycles. The van der Waals surface area contributed by atoms with E-state index in [0.29, 0.717) is 12.9 Å². The summed E-state index contributed by atoms with van der Waals surface area (Å²) in [6, 6.07) is 0. The summed E-state index contributed by atoms with van der Waals surface area (Å²) in [4.78, 5) is 0. The van der Waals surface area contributed by atoms with Crippen molar-refractivity contribution in [2.45, 2.75) is 51.9 Å². The number of hydrogen-bond donors (Lipinski definition) is 5. The molecule has 104 valence electrons. The van der Waals surface area contributed by atoms with Gasteiger partial charge in [0.05, 0.1) is 6.61 Å². The molecule has 0 radical (unpaired) electrons. The topological polar surface area (TPSA) is 98.7 Å². The zero-order valence-corrected chi connectivity index (χ0v) is 10.2. The summed E-state index contributed by atoms with van der Waals surface area (Å²) in [6.45, 7) is 3.56. The SMILES string of the molecule is C.CC(N)(CCCCB(O)O)CCNCCO. The molecule has 0 heterocycles. The van der Waals surface area contributed by atoms with Crippen LogP contribution in [0.2, 0.25) is 6.32 Å². The van der Waals surface area contributed by atoms with E-state index in [2.05, 4.69) is 5.32 Å². The minimum Gasteiger partial charge on any atom is -0.427 e. The smallest absolute Gasteiger partial charge is 0.427 e. The van der Waals surface area contributed by atoms with Crippen LogP contribution in [0.1, 0.15) is 40.0 Å². The van der Waals surface area contributed by atoms with Gasteiger partial charge in [0.2, 0.25) is 0 Å². The fourth-order valence-electron chi connectivity index (χ4n) is 1.56. The minimum absolute atomic E-state index is 0. The normalized spacial score (nSPS) is 13.9. The van der Waals surface area contributed by atoms with E-state index in [1.807, 2.05) is 6.92 Å². The molecule has 0 aromatic heterocycles. The van der Waals surface area contributed by atoms with Crippen LogP contribution in [0.15, 0.2) is 0 Å². The van der Waals surface area contributed by atoms with Crippen molar-refractivity contribution in [2.24, 2.45) is 5.73 Å². The zero-order valence-electron chi connectivity index (χ0n) is 10.2. The average molecular weight is 248 g/mol. The fourth-order valence-corrected chi connectivity index (χ4v) is 1.56. The first kappa shape index (κ1) is 19.2. The number of aliphatic hydroxyl groups is 1. The summed E-state index contributed by atoms with van der Waals surface area (Å²) in [6.07, 6.45) is 3.84. The molecule has 0 aromatic rings. The lowest BCUT2D eigenvalue weighted by molar-refractivity contribution is 0.287. The molecular weight excluding hydrogens is 219 g/mol. The zero-order chi connectivity index (χ0) is 12.4. The molecule has 1 unspecified atom stereocenters. The number of rotatable bonds is 10. The number of nitrogens with two attached hydrogens (primary N) is 1. The van der Waals surface area contributed by atoms with Gasteiger partial charge in [0, 0.05) is 12.1 Å².